The molecular weight excluding hydrogens is 253 g/mol. The Bertz CT molecular complexity index is 601. The third kappa shape index (κ3) is 2.57. The lowest BCUT2D eigenvalue weighted by Crippen LogP contribution is -2.11. The molecule has 0 fully saturated rings. The molecule has 0 radical (unpaired) electrons. The molecule has 0 aliphatic heterocycles. The molecule has 0 unspecified atom stereocenters. The molecular formula is C13H10FNO2S. The van der Waals surface area contributed by atoms with E-state index >= 15 is 0 Å². The second kappa shape index (κ2) is 5.01. The minimum atomic E-state index is -0.432. The van der Waals surface area contributed by atoms with E-state index in [1.807, 2.05) is 0 Å². The van der Waals surface area contributed by atoms with E-state index in [1.54, 1.807) is 18.2 Å². The Hall–Kier alpha value is -2.14. The first-order valence-electron chi connectivity index (χ1n) is 5.16. The highest BCUT2D eigenvalue weighted by Gasteiger charge is 2.09. The molecule has 92 valence electrons. The fourth-order valence-electron chi connectivity index (χ4n) is 1.46. The molecule has 2 aromatic carbocycles. The van der Waals surface area contributed by atoms with Gasteiger partial charge in [0, 0.05) is 6.07 Å². The average Bonchev–Trinajstić information content (AvgIpc) is 2.32. The van der Waals surface area contributed by atoms with Crippen molar-refractivity contribution in [2.45, 2.75) is 0 Å². The number of benzene rings is 2. The van der Waals surface area contributed by atoms with Crippen LogP contribution >= 0.6 is 12.2 Å². The Morgan fingerprint density at radius 3 is 2.50 bits per heavy atom. The molecule has 0 amide bonds. The smallest absolute Gasteiger partial charge is 0.146 e. The van der Waals surface area contributed by atoms with Crippen molar-refractivity contribution in [1.29, 1.82) is 0 Å². The number of anilines is 1. The molecule has 2 rings (SSSR count). The van der Waals surface area contributed by atoms with Crippen molar-refractivity contribution < 1.29 is 14.6 Å². The number of nitrogens with one attached hydrogen (secondary N) is 1. The molecule has 0 heterocycles. The fraction of sp³-hybridized carbons (Fsp3) is 0. The van der Waals surface area contributed by atoms with Crippen LogP contribution in [0.1, 0.15) is 5.56 Å². The number of halogens is 1. The van der Waals surface area contributed by atoms with Gasteiger partial charge in [-0.15, -0.1) is 0 Å². The van der Waals surface area contributed by atoms with E-state index in [1.165, 1.54) is 24.3 Å². The number of hydrogen-bond donors (Lipinski definition) is 3. The predicted octanol–water partition coefficient (Wildman–Crippen LogP) is 3.02. The molecule has 0 bridgehead atoms. The highest BCUT2D eigenvalue weighted by molar-refractivity contribution is 7.81. The summed E-state index contributed by atoms with van der Waals surface area (Å²) in [6, 6.07) is 10.1. The number of rotatable bonds is 2. The second-order valence-corrected chi connectivity index (χ2v) is 4.04. The van der Waals surface area contributed by atoms with Crippen molar-refractivity contribution in [1.82, 2.24) is 0 Å². The molecule has 0 atom stereocenters. The van der Waals surface area contributed by atoms with E-state index in [2.05, 4.69) is 5.32 Å². The summed E-state index contributed by atoms with van der Waals surface area (Å²) in [6.07, 6.45) is 0. The van der Waals surface area contributed by atoms with Crippen molar-refractivity contribution in [3.8, 4) is 11.5 Å². The molecule has 2 aromatic rings. The van der Waals surface area contributed by atoms with Crippen LogP contribution in [-0.4, -0.2) is 15.2 Å². The summed E-state index contributed by atoms with van der Waals surface area (Å²) in [6.45, 7) is 0. The summed E-state index contributed by atoms with van der Waals surface area (Å²) in [7, 11) is 0. The van der Waals surface area contributed by atoms with Crippen LogP contribution in [-0.2, 0) is 0 Å². The maximum Gasteiger partial charge on any atom is 0.146 e. The number of thiocarbonyl (C=S) groups is 1. The molecule has 3 N–H and O–H groups in total. The minimum Gasteiger partial charge on any atom is -0.508 e. The van der Waals surface area contributed by atoms with Gasteiger partial charge in [-0.05, 0) is 24.3 Å². The van der Waals surface area contributed by atoms with Crippen molar-refractivity contribution in [3.05, 3.63) is 53.8 Å². The van der Waals surface area contributed by atoms with Gasteiger partial charge in [0.15, 0.2) is 0 Å². The van der Waals surface area contributed by atoms with Crippen LogP contribution in [0.25, 0.3) is 0 Å². The SMILES string of the molecule is Oc1ccc(C(=S)Nc2ccccc2F)c(O)c1. The fourth-order valence-corrected chi connectivity index (χ4v) is 1.75. The Kier molecular flexibility index (Phi) is 3.43. The van der Waals surface area contributed by atoms with Gasteiger partial charge in [0.2, 0.25) is 0 Å². The van der Waals surface area contributed by atoms with Crippen LogP contribution in [0.5, 0.6) is 11.5 Å². The lowest BCUT2D eigenvalue weighted by Gasteiger charge is -2.10. The second-order valence-electron chi connectivity index (χ2n) is 3.64. The van der Waals surface area contributed by atoms with Gasteiger partial charge in [0.1, 0.15) is 22.3 Å². The molecule has 0 spiro atoms. The number of aromatic hydroxyl groups is 2. The number of phenolic OH excluding ortho intramolecular Hbond substituents is 2. The average molecular weight is 263 g/mol. The summed E-state index contributed by atoms with van der Waals surface area (Å²) in [4.78, 5) is 0.178. The van der Waals surface area contributed by atoms with Crippen LogP contribution in [0.2, 0.25) is 0 Å². The summed E-state index contributed by atoms with van der Waals surface area (Å²) >= 11 is 5.07. The lowest BCUT2D eigenvalue weighted by molar-refractivity contribution is 0.450. The third-order valence-electron chi connectivity index (χ3n) is 2.35. The van der Waals surface area contributed by atoms with Gasteiger partial charge in [-0.1, -0.05) is 24.4 Å². The van der Waals surface area contributed by atoms with E-state index < -0.39 is 5.82 Å². The van der Waals surface area contributed by atoms with Gasteiger partial charge in [0.25, 0.3) is 0 Å². The molecule has 3 nitrogen and oxygen atoms in total. The van der Waals surface area contributed by atoms with E-state index in [0.29, 0.717) is 5.56 Å². The molecule has 5 heteroatoms. The Labute approximate surface area is 109 Å². The first-order valence-corrected chi connectivity index (χ1v) is 5.56. The largest absolute Gasteiger partial charge is 0.508 e. The van der Waals surface area contributed by atoms with Crippen LogP contribution in [0.4, 0.5) is 10.1 Å². The topological polar surface area (TPSA) is 52.5 Å². The maximum atomic E-state index is 13.4. The number of para-hydroxylation sites is 1. The highest BCUT2D eigenvalue weighted by Crippen LogP contribution is 2.24. The number of hydrogen-bond acceptors (Lipinski definition) is 3. The standard InChI is InChI=1S/C13H10FNO2S/c14-10-3-1-2-4-11(10)15-13(18)9-6-5-8(16)7-12(9)17/h1-7,16-17H,(H,15,18). The van der Waals surface area contributed by atoms with Gasteiger partial charge < -0.3 is 15.5 Å². The molecule has 0 aliphatic carbocycles. The van der Waals surface area contributed by atoms with Gasteiger partial charge in [-0.2, -0.15) is 0 Å². The Morgan fingerprint density at radius 1 is 1.11 bits per heavy atom. The summed E-state index contributed by atoms with van der Waals surface area (Å²) < 4.78 is 13.4. The summed E-state index contributed by atoms with van der Waals surface area (Å²) in [5, 5.41) is 21.5. The van der Waals surface area contributed by atoms with Crippen LogP contribution in [0.3, 0.4) is 0 Å². The van der Waals surface area contributed by atoms with Gasteiger partial charge >= 0.3 is 0 Å². The molecule has 0 aliphatic rings. The van der Waals surface area contributed by atoms with E-state index in [-0.39, 0.29) is 22.2 Å². The van der Waals surface area contributed by atoms with Gasteiger partial charge in [-0.3, -0.25) is 0 Å². The highest BCUT2D eigenvalue weighted by atomic mass is 32.1. The lowest BCUT2D eigenvalue weighted by atomic mass is 10.2. The molecule has 0 aromatic heterocycles. The molecule has 18 heavy (non-hydrogen) atoms. The van der Waals surface area contributed by atoms with Gasteiger partial charge in [-0.25, -0.2) is 4.39 Å². The number of phenols is 2. The van der Waals surface area contributed by atoms with E-state index in [9.17, 15) is 9.50 Å². The maximum absolute atomic E-state index is 13.4. The predicted molar refractivity (Wildman–Crippen MR) is 71.5 cm³/mol. The molecule has 0 saturated heterocycles. The normalized spacial score (nSPS) is 10.1. The first-order chi connectivity index (χ1) is 8.58. The van der Waals surface area contributed by atoms with E-state index in [4.69, 9.17) is 17.3 Å². The zero-order valence-corrected chi connectivity index (χ0v) is 10.0. The zero-order chi connectivity index (χ0) is 13.1. The van der Waals surface area contributed by atoms with Crippen LogP contribution in [0, 0.1) is 5.82 Å². The van der Waals surface area contributed by atoms with Crippen molar-refractivity contribution in [2.75, 3.05) is 5.32 Å². The zero-order valence-electron chi connectivity index (χ0n) is 9.22. The minimum absolute atomic E-state index is 0.0649. The summed E-state index contributed by atoms with van der Waals surface area (Å²) in [5.74, 6) is -0.660. The van der Waals surface area contributed by atoms with Gasteiger partial charge in [0.05, 0.1) is 11.3 Å². The third-order valence-corrected chi connectivity index (χ3v) is 2.67. The molecule has 0 saturated carbocycles. The van der Waals surface area contributed by atoms with E-state index in [0.717, 1.165) is 0 Å². The van der Waals surface area contributed by atoms with Crippen molar-refractivity contribution >= 4 is 22.9 Å². The van der Waals surface area contributed by atoms with Crippen LogP contribution in [0.15, 0.2) is 42.5 Å². The van der Waals surface area contributed by atoms with Crippen molar-refractivity contribution in [3.63, 3.8) is 0 Å². The van der Waals surface area contributed by atoms with Crippen LogP contribution < -0.4 is 5.32 Å². The quantitative estimate of drug-likeness (QED) is 0.729. The summed E-state index contributed by atoms with van der Waals surface area (Å²) in [5.41, 5.74) is 0.557. The Morgan fingerprint density at radius 2 is 1.83 bits per heavy atom. The first kappa shape index (κ1) is 12.3. The van der Waals surface area contributed by atoms with Crippen molar-refractivity contribution in [2.24, 2.45) is 0 Å². The monoisotopic (exact) mass is 263 g/mol. The Balaban J connectivity index is 2.25.